The van der Waals surface area contributed by atoms with Crippen molar-refractivity contribution in [1.29, 1.82) is 0 Å². The van der Waals surface area contributed by atoms with Crippen LogP contribution in [-0.4, -0.2) is 26.2 Å². The van der Waals surface area contributed by atoms with Gasteiger partial charge in [-0.25, -0.2) is 15.4 Å². The maximum absolute atomic E-state index is 11.3. The second-order valence-electron chi connectivity index (χ2n) is 4.49. The number of pyridine rings is 1. The number of rotatable bonds is 2. The molecule has 6 heteroatoms. The van der Waals surface area contributed by atoms with E-state index in [0.717, 1.165) is 17.2 Å². The van der Waals surface area contributed by atoms with Crippen LogP contribution in [0.15, 0.2) is 42.0 Å². The SMILES string of the molecule is CC1CC(=O)NN=C1c1cccc(-n2ccnc2)n1. The molecule has 1 atom stereocenters. The van der Waals surface area contributed by atoms with Gasteiger partial charge >= 0.3 is 0 Å². The van der Waals surface area contributed by atoms with E-state index in [1.54, 1.807) is 12.5 Å². The van der Waals surface area contributed by atoms with E-state index in [0.29, 0.717) is 6.42 Å². The summed E-state index contributed by atoms with van der Waals surface area (Å²) in [5.74, 6) is 0.795. The number of nitrogens with zero attached hydrogens (tertiary/aromatic N) is 4. The first-order valence-electron chi connectivity index (χ1n) is 6.06. The van der Waals surface area contributed by atoms with Crippen LogP contribution in [-0.2, 0) is 4.79 Å². The maximum Gasteiger partial charge on any atom is 0.240 e. The van der Waals surface area contributed by atoms with E-state index in [9.17, 15) is 4.79 Å². The summed E-state index contributed by atoms with van der Waals surface area (Å²) in [6.07, 6.45) is 5.67. The third kappa shape index (κ3) is 2.24. The summed E-state index contributed by atoms with van der Waals surface area (Å²) < 4.78 is 1.83. The number of amides is 1. The van der Waals surface area contributed by atoms with Crippen molar-refractivity contribution in [2.24, 2.45) is 11.0 Å². The molecule has 19 heavy (non-hydrogen) atoms. The first kappa shape index (κ1) is 11.6. The first-order valence-corrected chi connectivity index (χ1v) is 6.06. The lowest BCUT2D eigenvalue weighted by molar-refractivity contribution is -0.121. The maximum atomic E-state index is 11.3. The summed E-state index contributed by atoms with van der Waals surface area (Å²) in [5.41, 5.74) is 4.09. The smallest absolute Gasteiger partial charge is 0.240 e. The Bertz CT molecular complexity index is 632. The molecule has 1 N–H and O–H groups in total. The minimum Gasteiger partial charge on any atom is -0.291 e. The largest absolute Gasteiger partial charge is 0.291 e. The van der Waals surface area contributed by atoms with E-state index in [1.807, 2.05) is 35.9 Å². The Morgan fingerprint density at radius 1 is 1.42 bits per heavy atom. The number of hydrogen-bond acceptors (Lipinski definition) is 4. The molecule has 1 unspecified atom stereocenters. The highest BCUT2D eigenvalue weighted by Crippen LogP contribution is 2.16. The topological polar surface area (TPSA) is 72.2 Å². The molecule has 0 radical (unpaired) electrons. The standard InChI is InChI=1S/C13H13N5O/c1-9-7-12(19)16-17-13(9)10-3-2-4-11(15-10)18-6-5-14-8-18/h2-6,8-9H,7H2,1H3,(H,16,19). The lowest BCUT2D eigenvalue weighted by Gasteiger charge is -2.18. The number of nitrogens with one attached hydrogen (secondary N) is 1. The van der Waals surface area contributed by atoms with Gasteiger partial charge in [0.15, 0.2) is 0 Å². The molecule has 1 amide bonds. The van der Waals surface area contributed by atoms with Crippen molar-refractivity contribution in [3.05, 3.63) is 42.6 Å². The number of aromatic nitrogens is 3. The van der Waals surface area contributed by atoms with Gasteiger partial charge in [-0.1, -0.05) is 13.0 Å². The van der Waals surface area contributed by atoms with E-state index < -0.39 is 0 Å². The molecule has 0 aliphatic carbocycles. The molecule has 6 nitrogen and oxygen atoms in total. The number of imidazole rings is 1. The molecule has 2 aromatic rings. The average molecular weight is 255 g/mol. The fourth-order valence-corrected chi connectivity index (χ4v) is 2.07. The normalized spacial score (nSPS) is 18.9. The fraction of sp³-hybridized carbons (Fsp3) is 0.231. The van der Waals surface area contributed by atoms with Crippen LogP contribution in [0.5, 0.6) is 0 Å². The highest BCUT2D eigenvalue weighted by molar-refractivity contribution is 6.04. The molecule has 0 saturated carbocycles. The van der Waals surface area contributed by atoms with Crippen molar-refractivity contribution in [2.75, 3.05) is 0 Å². The number of carbonyl (C=O) groups excluding carboxylic acids is 1. The molecule has 2 aromatic heterocycles. The zero-order chi connectivity index (χ0) is 13.2. The Balaban J connectivity index is 1.98. The Morgan fingerprint density at radius 2 is 2.32 bits per heavy atom. The lowest BCUT2D eigenvalue weighted by atomic mass is 9.97. The molecule has 0 aromatic carbocycles. The van der Waals surface area contributed by atoms with E-state index >= 15 is 0 Å². The van der Waals surface area contributed by atoms with Gasteiger partial charge in [0.25, 0.3) is 0 Å². The molecule has 0 spiro atoms. The van der Waals surface area contributed by atoms with Crippen molar-refractivity contribution in [1.82, 2.24) is 20.0 Å². The summed E-state index contributed by atoms with van der Waals surface area (Å²) >= 11 is 0. The zero-order valence-corrected chi connectivity index (χ0v) is 10.4. The third-order valence-corrected chi connectivity index (χ3v) is 3.03. The van der Waals surface area contributed by atoms with Gasteiger partial charge in [0.1, 0.15) is 12.1 Å². The average Bonchev–Trinajstić information content (AvgIpc) is 2.93. The van der Waals surface area contributed by atoms with E-state index in [-0.39, 0.29) is 11.8 Å². The van der Waals surface area contributed by atoms with Gasteiger partial charge in [0.2, 0.25) is 5.91 Å². The Morgan fingerprint density at radius 3 is 3.05 bits per heavy atom. The van der Waals surface area contributed by atoms with Gasteiger partial charge in [0, 0.05) is 24.7 Å². The Kier molecular flexibility index (Phi) is 2.83. The van der Waals surface area contributed by atoms with Gasteiger partial charge in [0.05, 0.1) is 11.4 Å². The molecule has 0 bridgehead atoms. The van der Waals surface area contributed by atoms with Crippen molar-refractivity contribution < 1.29 is 4.79 Å². The predicted octanol–water partition coefficient (Wildman–Crippen LogP) is 1.13. The molecule has 0 saturated heterocycles. The van der Waals surface area contributed by atoms with Gasteiger partial charge < -0.3 is 0 Å². The summed E-state index contributed by atoms with van der Waals surface area (Å²) in [5, 5.41) is 4.11. The van der Waals surface area contributed by atoms with E-state index in [1.165, 1.54) is 0 Å². The summed E-state index contributed by atoms with van der Waals surface area (Å²) in [6.45, 7) is 1.98. The summed E-state index contributed by atoms with van der Waals surface area (Å²) in [6, 6.07) is 5.72. The molecular formula is C13H13N5O. The Labute approximate surface area is 110 Å². The molecule has 1 aliphatic rings. The fourth-order valence-electron chi connectivity index (χ4n) is 2.07. The summed E-state index contributed by atoms with van der Waals surface area (Å²) in [7, 11) is 0. The van der Waals surface area contributed by atoms with Crippen LogP contribution >= 0.6 is 0 Å². The highest BCUT2D eigenvalue weighted by Gasteiger charge is 2.22. The van der Waals surface area contributed by atoms with Crippen LogP contribution < -0.4 is 5.43 Å². The van der Waals surface area contributed by atoms with Crippen LogP contribution in [0.1, 0.15) is 19.0 Å². The van der Waals surface area contributed by atoms with Gasteiger partial charge in [-0.15, -0.1) is 0 Å². The van der Waals surface area contributed by atoms with Crippen LogP contribution in [0.2, 0.25) is 0 Å². The molecule has 96 valence electrons. The lowest BCUT2D eigenvalue weighted by Crippen LogP contribution is -2.32. The van der Waals surface area contributed by atoms with E-state index in [4.69, 9.17) is 0 Å². The number of hydrazone groups is 1. The molecule has 0 fully saturated rings. The second kappa shape index (κ2) is 4.64. The van der Waals surface area contributed by atoms with Crippen molar-refractivity contribution >= 4 is 11.6 Å². The van der Waals surface area contributed by atoms with Crippen LogP contribution in [0.3, 0.4) is 0 Å². The van der Waals surface area contributed by atoms with Gasteiger partial charge in [-0.3, -0.25) is 9.36 Å². The van der Waals surface area contributed by atoms with Gasteiger partial charge in [-0.2, -0.15) is 5.10 Å². The third-order valence-electron chi connectivity index (χ3n) is 3.03. The number of hydrogen-bond donors (Lipinski definition) is 1. The molecule has 3 heterocycles. The molecular weight excluding hydrogens is 242 g/mol. The molecule has 3 rings (SSSR count). The zero-order valence-electron chi connectivity index (χ0n) is 10.4. The van der Waals surface area contributed by atoms with Crippen LogP contribution in [0.25, 0.3) is 5.82 Å². The second-order valence-corrected chi connectivity index (χ2v) is 4.49. The predicted molar refractivity (Wildman–Crippen MR) is 69.8 cm³/mol. The first-order chi connectivity index (χ1) is 9.24. The van der Waals surface area contributed by atoms with Crippen molar-refractivity contribution in [3.8, 4) is 5.82 Å². The van der Waals surface area contributed by atoms with E-state index in [2.05, 4.69) is 20.5 Å². The van der Waals surface area contributed by atoms with Gasteiger partial charge in [-0.05, 0) is 12.1 Å². The van der Waals surface area contributed by atoms with Crippen LogP contribution in [0, 0.1) is 5.92 Å². The van der Waals surface area contributed by atoms with Crippen molar-refractivity contribution in [3.63, 3.8) is 0 Å². The van der Waals surface area contributed by atoms with Crippen molar-refractivity contribution in [2.45, 2.75) is 13.3 Å². The minimum atomic E-state index is -0.0537. The highest BCUT2D eigenvalue weighted by atomic mass is 16.2. The number of carbonyl (C=O) groups is 1. The quantitative estimate of drug-likeness (QED) is 0.874. The monoisotopic (exact) mass is 255 g/mol. The summed E-state index contributed by atoms with van der Waals surface area (Å²) in [4.78, 5) is 19.8. The minimum absolute atomic E-state index is 0.0537. The van der Waals surface area contributed by atoms with Crippen LogP contribution in [0.4, 0.5) is 0 Å². The molecule has 1 aliphatic heterocycles. The Hall–Kier alpha value is -2.50.